The van der Waals surface area contributed by atoms with E-state index in [1.165, 1.54) is 0 Å². The standard InChI is InChI=1S/C17H18ClNO4/c1-22-15-8-12(7-14(18)16(15)23-2)10-19-9-11-3-5-13(6-4-11)17(20)21/h3-8,19H,9-10H2,1-2H3,(H,20,21). The van der Waals surface area contributed by atoms with E-state index < -0.39 is 5.97 Å². The molecule has 0 aromatic heterocycles. The third-order valence-electron chi connectivity index (χ3n) is 3.35. The Kier molecular flexibility index (Phi) is 5.84. The minimum Gasteiger partial charge on any atom is -0.493 e. The molecular formula is C17H18ClNO4. The molecule has 2 N–H and O–H groups in total. The van der Waals surface area contributed by atoms with Gasteiger partial charge in [-0.1, -0.05) is 23.7 Å². The molecule has 2 rings (SSSR count). The van der Waals surface area contributed by atoms with Crippen molar-refractivity contribution in [1.29, 1.82) is 0 Å². The molecule has 0 saturated heterocycles. The van der Waals surface area contributed by atoms with Crippen molar-refractivity contribution in [3.8, 4) is 11.5 Å². The van der Waals surface area contributed by atoms with E-state index in [9.17, 15) is 4.79 Å². The molecule has 0 radical (unpaired) electrons. The highest BCUT2D eigenvalue weighted by molar-refractivity contribution is 6.32. The number of nitrogens with one attached hydrogen (secondary N) is 1. The average molecular weight is 336 g/mol. The van der Waals surface area contributed by atoms with Crippen LogP contribution in [0, 0.1) is 0 Å². The number of carboxylic acid groups (broad SMARTS) is 1. The maximum atomic E-state index is 10.8. The molecule has 0 aliphatic heterocycles. The van der Waals surface area contributed by atoms with Gasteiger partial charge in [-0.15, -0.1) is 0 Å². The van der Waals surface area contributed by atoms with Gasteiger partial charge in [0.2, 0.25) is 0 Å². The van der Waals surface area contributed by atoms with Crippen LogP contribution in [0.2, 0.25) is 5.02 Å². The molecule has 0 aliphatic rings. The van der Waals surface area contributed by atoms with Crippen molar-refractivity contribution < 1.29 is 19.4 Å². The van der Waals surface area contributed by atoms with Crippen molar-refractivity contribution in [1.82, 2.24) is 5.32 Å². The predicted molar refractivity (Wildman–Crippen MR) is 88.5 cm³/mol. The fourth-order valence-electron chi connectivity index (χ4n) is 2.19. The first-order chi connectivity index (χ1) is 11.0. The molecule has 0 atom stereocenters. The molecule has 2 aromatic rings. The van der Waals surface area contributed by atoms with E-state index in [2.05, 4.69) is 5.32 Å². The zero-order valence-corrected chi connectivity index (χ0v) is 13.7. The SMILES string of the molecule is COc1cc(CNCc2ccc(C(=O)O)cc2)cc(Cl)c1OC. The minimum absolute atomic E-state index is 0.278. The number of benzene rings is 2. The van der Waals surface area contributed by atoms with Crippen molar-refractivity contribution >= 4 is 17.6 Å². The van der Waals surface area contributed by atoms with Crippen LogP contribution in [0.15, 0.2) is 36.4 Å². The normalized spacial score (nSPS) is 10.4. The highest BCUT2D eigenvalue weighted by Gasteiger charge is 2.10. The van der Waals surface area contributed by atoms with Gasteiger partial charge in [-0.3, -0.25) is 0 Å². The molecule has 0 spiro atoms. The molecule has 2 aromatic carbocycles. The van der Waals surface area contributed by atoms with E-state index in [1.54, 1.807) is 38.5 Å². The molecule has 5 nitrogen and oxygen atoms in total. The third-order valence-corrected chi connectivity index (χ3v) is 3.63. The molecule has 0 aliphatic carbocycles. The minimum atomic E-state index is -0.926. The van der Waals surface area contributed by atoms with E-state index in [0.717, 1.165) is 11.1 Å². The molecular weight excluding hydrogens is 318 g/mol. The molecule has 0 amide bonds. The van der Waals surface area contributed by atoms with Crippen molar-refractivity contribution in [3.63, 3.8) is 0 Å². The number of ether oxygens (including phenoxy) is 2. The summed E-state index contributed by atoms with van der Waals surface area (Å²) in [5, 5.41) is 12.6. The Morgan fingerprint density at radius 2 is 1.74 bits per heavy atom. The third kappa shape index (κ3) is 4.37. The number of halogens is 1. The van der Waals surface area contributed by atoms with Crippen molar-refractivity contribution in [3.05, 3.63) is 58.1 Å². The summed E-state index contributed by atoms with van der Waals surface area (Å²) in [7, 11) is 3.11. The number of aromatic carboxylic acids is 1. The first-order valence-electron chi connectivity index (χ1n) is 6.98. The lowest BCUT2D eigenvalue weighted by Crippen LogP contribution is -2.13. The van der Waals surface area contributed by atoms with Gasteiger partial charge in [0, 0.05) is 13.1 Å². The lowest BCUT2D eigenvalue weighted by molar-refractivity contribution is 0.0697. The van der Waals surface area contributed by atoms with Gasteiger partial charge < -0.3 is 19.9 Å². The highest BCUT2D eigenvalue weighted by Crippen LogP contribution is 2.35. The van der Waals surface area contributed by atoms with Crippen LogP contribution in [0.5, 0.6) is 11.5 Å². The Morgan fingerprint density at radius 3 is 2.30 bits per heavy atom. The van der Waals surface area contributed by atoms with E-state index in [4.69, 9.17) is 26.2 Å². The Hall–Kier alpha value is -2.24. The predicted octanol–water partition coefficient (Wildman–Crippen LogP) is 3.35. The number of rotatable bonds is 7. The summed E-state index contributed by atoms with van der Waals surface area (Å²) in [5.41, 5.74) is 2.25. The Bertz CT molecular complexity index is 686. The summed E-state index contributed by atoms with van der Waals surface area (Å²) in [6.45, 7) is 1.21. The van der Waals surface area contributed by atoms with E-state index >= 15 is 0 Å². The van der Waals surface area contributed by atoms with Crippen LogP contribution in [0.4, 0.5) is 0 Å². The largest absolute Gasteiger partial charge is 0.493 e. The Balaban J connectivity index is 1.98. The fraction of sp³-hybridized carbons (Fsp3) is 0.235. The van der Waals surface area contributed by atoms with Crippen LogP contribution in [0.3, 0.4) is 0 Å². The lowest BCUT2D eigenvalue weighted by atomic mass is 10.1. The van der Waals surface area contributed by atoms with Gasteiger partial charge in [-0.25, -0.2) is 4.79 Å². The van der Waals surface area contributed by atoms with Crippen LogP contribution in [0.1, 0.15) is 21.5 Å². The molecule has 0 bridgehead atoms. The second-order valence-corrected chi connectivity index (χ2v) is 5.33. The smallest absolute Gasteiger partial charge is 0.335 e. The molecule has 0 saturated carbocycles. The number of hydrogen-bond donors (Lipinski definition) is 2. The highest BCUT2D eigenvalue weighted by atomic mass is 35.5. The van der Waals surface area contributed by atoms with E-state index in [0.29, 0.717) is 29.6 Å². The molecule has 0 fully saturated rings. The van der Waals surface area contributed by atoms with Crippen molar-refractivity contribution in [2.45, 2.75) is 13.1 Å². The van der Waals surface area contributed by atoms with Gasteiger partial charge >= 0.3 is 5.97 Å². The quantitative estimate of drug-likeness (QED) is 0.812. The first kappa shape index (κ1) is 17.1. The summed E-state index contributed by atoms with van der Waals surface area (Å²) in [6, 6.07) is 10.4. The lowest BCUT2D eigenvalue weighted by Gasteiger charge is -2.12. The van der Waals surface area contributed by atoms with Crippen LogP contribution in [-0.2, 0) is 13.1 Å². The molecule has 6 heteroatoms. The summed E-state index contributed by atoms with van der Waals surface area (Å²) >= 11 is 6.17. The maximum absolute atomic E-state index is 10.8. The topological polar surface area (TPSA) is 67.8 Å². The van der Waals surface area contributed by atoms with Crippen LogP contribution in [0.25, 0.3) is 0 Å². The van der Waals surface area contributed by atoms with Crippen LogP contribution < -0.4 is 14.8 Å². The second kappa shape index (κ2) is 7.85. The average Bonchev–Trinajstić information content (AvgIpc) is 2.54. The van der Waals surface area contributed by atoms with Gasteiger partial charge in [0.15, 0.2) is 11.5 Å². The van der Waals surface area contributed by atoms with Crippen molar-refractivity contribution in [2.75, 3.05) is 14.2 Å². The molecule has 0 heterocycles. The van der Waals surface area contributed by atoms with Crippen LogP contribution in [-0.4, -0.2) is 25.3 Å². The Morgan fingerprint density at radius 1 is 1.09 bits per heavy atom. The van der Waals surface area contributed by atoms with Gasteiger partial charge in [-0.05, 0) is 35.4 Å². The van der Waals surface area contributed by atoms with Gasteiger partial charge in [0.25, 0.3) is 0 Å². The first-order valence-corrected chi connectivity index (χ1v) is 7.36. The van der Waals surface area contributed by atoms with E-state index in [-0.39, 0.29) is 5.56 Å². The number of hydrogen-bond acceptors (Lipinski definition) is 4. The van der Waals surface area contributed by atoms with E-state index in [1.807, 2.05) is 12.1 Å². The number of carbonyl (C=O) groups is 1. The Labute approximate surface area is 139 Å². The second-order valence-electron chi connectivity index (χ2n) is 4.92. The summed E-state index contributed by atoms with van der Waals surface area (Å²) in [5.74, 6) is 0.175. The monoisotopic (exact) mass is 335 g/mol. The summed E-state index contributed by atoms with van der Waals surface area (Å²) in [4.78, 5) is 10.8. The van der Waals surface area contributed by atoms with Crippen molar-refractivity contribution in [2.24, 2.45) is 0 Å². The number of carboxylic acids is 1. The number of methoxy groups -OCH3 is 2. The fourth-order valence-corrected chi connectivity index (χ4v) is 2.50. The summed E-state index contributed by atoms with van der Waals surface area (Å²) in [6.07, 6.45) is 0. The maximum Gasteiger partial charge on any atom is 0.335 e. The van der Waals surface area contributed by atoms with Gasteiger partial charge in [0.1, 0.15) is 0 Å². The van der Waals surface area contributed by atoms with Gasteiger partial charge in [0.05, 0.1) is 24.8 Å². The molecule has 122 valence electrons. The summed E-state index contributed by atoms with van der Waals surface area (Å²) < 4.78 is 10.5. The zero-order valence-electron chi connectivity index (χ0n) is 12.9. The molecule has 0 unspecified atom stereocenters. The molecule has 23 heavy (non-hydrogen) atoms. The van der Waals surface area contributed by atoms with Gasteiger partial charge in [-0.2, -0.15) is 0 Å². The zero-order chi connectivity index (χ0) is 16.8. The van der Waals surface area contributed by atoms with Crippen LogP contribution >= 0.6 is 11.6 Å².